The van der Waals surface area contributed by atoms with Crippen LogP contribution < -0.4 is 15.4 Å². The van der Waals surface area contributed by atoms with Crippen molar-refractivity contribution in [3.63, 3.8) is 0 Å². The van der Waals surface area contributed by atoms with Gasteiger partial charge in [0.25, 0.3) is 0 Å². The molecule has 1 aromatic rings. The predicted molar refractivity (Wildman–Crippen MR) is 98.5 cm³/mol. The fraction of sp³-hybridized carbons (Fsp3) is 0.526. The molecule has 0 aliphatic heterocycles. The molecule has 0 saturated heterocycles. The van der Waals surface area contributed by atoms with Gasteiger partial charge in [0.2, 0.25) is 0 Å². The van der Waals surface area contributed by atoms with E-state index in [2.05, 4.69) is 46.8 Å². The van der Waals surface area contributed by atoms with Gasteiger partial charge in [-0.2, -0.15) is 0 Å². The Morgan fingerprint density at radius 2 is 2.08 bits per heavy atom. The summed E-state index contributed by atoms with van der Waals surface area (Å²) in [4.78, 5) is 4.69. The Morgan fingerprint density at radius 3 is 2.83 bits per heavy atom. The molecule has 132 valence electrons. The molecular formula is C19H29N3O2. The van der Waals surface area contributed by atoms with Gasteiger partial charge in [0.15, 0.2) is 5.96 Å². The summed E-state index contributed by atoms with van der Waals surface area (Å²) in [5, 5.41) is 6.79. The highest BCUT2D eigenvalue weighted by Gasteiger charge is 2.11. The van der Waals surface area contributed by atoms with E-state index >= 15 is 0 Å². The molecule has 0 saturated carbocycles. The summed E-state index contributed by atoms with van der Waals surface area (Å²) in [5.41, 5.74) is 1.14. The van der Waals surface area contributed by atoms with E-state index in [0.29, 0.717) is 19.2 Å². The second-order valence-corrected chi connectivity index (χ2v) is 5.82. The number of nitrogens with zero attached hydrogens (tertiary/aromatic N) is 1. The summed E-state index contributed by atoms with van der Waals surface area (Å²) in [6.45, 7) is 4.95. The number of ether oxygens (including phenoxy) is 2. The van der Waals surface area contributed by atoms with Crippen LogP contribution in [0.25, 0.3) is 0 Å². The molecule has 24 heavy (non-hydrogen) atoms. The predicted octanol–water partition coefficient (Wildman–Crippen LogP) is 2.88. The third kappa shape index (κ3) is 6.62. The number of hydrogen-bond donors (Lipinski definition) is 2. The monoisotopic (exact) mass is 331 g/mol. The van der Waals surface area contributed by atoms with Crippen LogP contribution in [0, 0.1) is 0 Å². The first-order valence-electron chi connectivity index (χ1n) is 8.72. The highest BCUT2D eigenvalue weighted by Crippen LogP contribution is 2.14. The molecule has 5 heteroatoms. The van der Waals surface area contributed by atoms with Gasteiger partial charge in [0.1, 0.15) is 5.75 Å². The van der Waals surface area contributed by atoms with Crippen LogP contribution in [-0.2, 0) is 11.3 Å². The normalized spacial score (nSPS) is 14.8. The van der Waals surface area contributed by atoms with Crippen LogP contribution in [0.4, 0.5) is 0 Å². The Labute approximate surface area is 145 Å². The number of methoxy groups -OCH3 is 1. The highest BCUT2D eigenvalue weighted by atomic mass is 16.5. The van der Waals surface area contributed by atoms with E-state index in [1.54, 1.807) is 7.11 Å². The van der Waals surface area contributed by atoms with Gasteiger partial charge >= 0.3 is 0 Å². The third-order valence-corrected chi connectivity index (χ3v) is 3.77. The van der Waals surface area contributed by atoms with Crippen LogP contribution in [0.3, 0.4) is 0 Å². The van der Waals surface area contributed by atoms with Crippen molar-refractivity contribution in [1.82, 2.24) is 10.6 Å². The molecule has 2 rings (SSSR count). The molecule has 0 heterocycles. The fourth-order valence-corrected chi connectivity index (χ4v) is 2.55. The average Bonchev–Trinajstić information content (AvgIpc) is 3.10. The largest absolute Gasteiger partial charge is 0.493 e. The Kier molecular flexibility index (Phi) is 8.18. The minimum absolute atomic E-state index is 0.457. The smallest absolute Gasteiger partial charge is 0.191 e. The first-order valence-corrected chi connectivity index (χ1v) is 8.72. The van der Waals surface area contributed by atoms with Gasteiger partial charge in [-0.1, -0.05) is 24.3 Å². The maximum atomic E-state index is 5.74. The second kappa shape index (κ2) is 10.7. The van der Waals surface area contributed by atoms with Crippen molar-refractivity contribution in [3.8, 4) is 5.75 Å². The van der Waals surface area contributed by atoms with Gasteiger partial charge in [-0.25, -0.2) is 4.99 Å². The maximum absolute atomic E-state index is 5.74. The van der Waals surface area contributed by atoms with E-state index in [1.165, 1.54) is 0 Å². The minimum atomic E-state index is 0.457. The van der Waals surface area contributed by atoms with Crippen LogP contribution in [0.2, 0.25) is 0 Å². The number of benzene rings is 1. The van der Waals surface area contributed by atoms with Crippen molar-refractivity contribution in [1.29, 1.82) is 0 Å². The van der Waals surface area contributed by atoms with Crippen molar-refractivity contribution in [2.24, 2.45) is 4.99 Å². The van der Waals surface area contributed by atoms with E-state index in [0.717, 1.165) is 49.7 Å². The quantitative estimate of drug-likeness (QED) is 0.316. The number of guanidine groups is 1. The number of nitrogens with one attached hydrogen (secondary N) is 2. The van der Waals surface area contributed by atoms with Crippen LogP contribution in [0.5, 0.6) is 5.75 Å². The number of hydrogen-bond acceptors (Lipinski definition) is 3. The lowest BCUT2D eigenvalue weighted by molar-refractivity contribution is 0.172. The van der Waals surface area contributed by atoms with E-state index in [1.807, 2.05) is 12.1 Å². The van der Waals surface area contributed by atoms with E-state index in [4.69, 9.17) is 9.47 Å². The van der Waals surface area contributed by atoms with Gasteiger partial charge in [-0.3, -0.25) is 0 Å². The summed E-state index contributed by atoms with van der Waals surface area (Å²) >= 11 is 0. The van der Waals surface area contributed by atoms with Gasteiger partial charge in [-0.05, 0) is 37.5 Å². The van der Waals surface area contributed by atoms with Gasteiger partial charge < -0.3 is 20.1 Å². The standard InChI is InChI=1S/C19H29N3O2/c1-3-20-19(22-17-9-4-5-10-17)21-15-16-8-6-11-18(14-16)24-13-7-12-23-2/h4-6,8,11,14,17H,3,7,9-10,12-13,15H2,1-2H3,(H2,20,21,22). The van der Waals surface area contributed by atoms with Crippen molar-refractivity contribution < 1.29 is 9.47 Å². The van der Waals surface area contributed by atoms with E-state index in [9.17, 15) is 0 Å². The minimum Gasteiger partial charge on any atom is -0.493 e. The molecule has 1 aromatic carbocycles. The number of aliphatic imine (C=N–C) groups is 1. The molecule has 0 atom stereocenters. The summed E-state index contributed by atoms with van der Waals surface area (Å²) in [6, 6.07) is 8.58. The molecule has 0 unspecified atom stereocenters. The summed E-state index contributed by atoms with van der Waals surface area (Å²) < 4.78 is 10.8. The van der Waals surface area contributed by atoms with E-state index in [-0.39, 0.29) is 0 Å². The molecule has 0 amide bonds. The first-order chi connectivity index (χ1) is 11.8. The Morgan fingerprint density at radius 1 is 1.25 bits per heavy atom. The van der Waals surface area contributed by atoms with Gasteiger partial charge in [0.05, 0.1) is 13.2 Å². The molecule has 0 fully saturated rings. The van der Waals surface area contributed by atoms with Gasteiger partial charge in [-0.15, -0.1) is 0 Å². The molecule has 1 aliphatic carbocycles. The lowest BCUT2D eigenvalue weighted by atomic mass is 10.2. The number of rotatable bonds is 9. The van der Waals surface area contributed by atoms with Crippen LogP contribution in [-0.4, -0.2) is 38.9 Å². The van der Waals surface area contributed by atoms with Crippen LogP contribution in [0.1, 0.15) is 31.7 Å². The molecule has 0 bridgehead atoms. The zero-order valence-electron chi connectivity index (χ0n) is 14.8. The van der Waals surface area contributed by atoms with Crippen molar-refractivity contribution in [2.75, 3.05) is 26.9 Å². The SMILES string of the molecule is CCNC(=NCc1cccc(OCCCOC)c1)NC1CC=CC1. The summed E-state index contributed by atoms with van der Waals surface area (Å²) in [5.74, 6) is 1.76. The Hall–Kier alpha value is -2.01. The Balaban J connectivity index is 1.87. The molecule has 5 nitrogen and oxygen atoms in total. The fourth-order valence-electron chi connectivity index (χ4n) is 2.55. The van der Waals surface area contributed by atoms with Gasteiger partial charge in [0, 0.05) is 32.7 Å². The van der Waals surface area contributed by atoms with E-state index < -0.39 is 0 Å². The van der Waals surface area contributed by atoms with Crippen LogP contribution in [0.15, 0.2) is 41.4 Å². The van der Waals surface area contributed by atoms with Crippen molar-refractivity contribution in [3.05, 3.63) is 42.0 Å². The molecule has 0 radical (unpaired) electrons. The molecule has 2 N–H and O–H groups in total. The maximum Gasteiger partial charge on any atom is 0.191 e. The molecule has 0 spiro atoms. The van der Waals surface area contributed by atoms with Crippen molar-refractivity contribution >= 4 is 5.96 Å². The third-order valence-electron chi connectivity index (χ3n) is 3.77. The molecule has 1 aliphatic rings. The highest BCUT2D eigenvalue weighted by molar-refractivity contribution is 5.80. The summed E-state index contributed by atoms with van der Waals surface area (Å²) in [7, 11) is 1.70. The zero-order valence-corrected chi connectivity index (χ0v) is 14.8. The second-order valence-electron chi connectivity index (χ2n) is 5.82. The lowest BCUT2D eigenvalue weighted by Gasteiger charge is -2.16. The van der Waals surface area contributed by atoms with Crippen molar-refractivity contribution in [2.45, 2.75) is 38.8 Å². The van der Waals surface area contributed by atoms with Crippen LogP contribution >= 0.6 is 0 Å². The Bertz CT molecular complexity index is 535. The molecular weight excluding hydrogens is 302 g/mol. The summed E-state index contributed by atoms with van der Waals surface area (Å²) in [6.07, 6.45) is 7.45. The zero-order chi connectivity index (χ0) is 17.0. The average molecular weight is 331 g/mol. The topological polar surface area (TPSA) is 54.9 Å². The molecule has 0 aromatic heterocycles. The lowest BCUT2D eigenvalue weighted by Crippen LogP contribution is -2.42. The first kappa shape index (κ1) is 18.3.